The summed E-state index contributed by atoms with van der Waals surface area (Å²) in [5.74, 6) is 0.296. The second-order valence-corrected chi connectivity index (χ2v) is 6.45. The average Bonchev–Trinajstić information content (AvgIpc) is 2.78. The van der Waals surface area contributed by atoms with E-state index in [1.807, 2.05) is 24.3 Å². The number of amides is 2. The van der Waals surface area contributed by atoms with Crippen LogP contribution in [0.2, 0.25) is 0 Å². The van der Waals surface area contributed by atoms with E-state index in [1.54, 1.807) is 18.2 Å². The number of morpholine rings is 1. The van der Waals surface area contributed by atoms with E-state index in [9.17, 15) is 9.59 Å². The fourth-order valence-corrected chi connectivity index (χ4v) is 3.05. The van der Waals surface area contributed by atoms with Crippen molar-refractivity contribution < 1.29 is 23.8 Å². The number of para-hydroxylation sites is 2. The van der Waals surface area contributed by atoms with Gasteiger partial charge in [-0.2, -0.15) is 0 Å². The third-order valence-corrected chi connectivity index (χ3v) is 4.55. The van der Waals surface area contributed by atoms with Gasteiger partial charge in [-0.3, -0.25) is 9.59 Å². The van der Waals surface area contributed by atoms with Crippen LogP contribution in [0, 0.1) is 0 Å². The number of nitrogens with zero attached hydrogens (tertiary/aromatic N) is 1. The highest BCUT2D eigenvalue weighted by atomic mass is 16.5. The van der Waals surface area contributed by atoms with Crippen LogP contribution in [0.25, 0.3) is 0 Å². The van der Waals surface area contributed by atoms with E-state index in [-0.39, 0.29) is 18.4 Å². The molecule has 1 heterocycles. The molecule has 2 N–H and O–H groups in total. The van der Waals surface area contributed by atoms with Crippen molar-refractivity contribution >= 4 is 23.2 Å². The fourth-order valence-electron chi connectivity index (χ4n) is 3.05. The molecular formula is C21H25N3O5. The molecule has 1 aliphatic heterocycles. The number of methoxy groups -OCH3 is 2. The largest absolute Gasteiger partial charge is 0.497 e. The molecule has 0 bridgehead atoms. The van der Waals surface area contributed by atoms with Crippen LogP contribution in [-0.4, -0.2) is 58.9 Å². The summed E-state index contributed by atoms with van der Waals surface area (Å²) in [6, 6.07) is 12.4. The highest BCUT2D eigenvalue weighted by Crippen LogP contribution is 2.26. The Hall–Kier alpha value is -3.26. The number of rotatable bonds is 7. The second kappa shape index (κ2) is 9.79. The highest BCUT2D eigenvalue weighted by Gasteiger charge is 2.16. The smallest absolute Gasteiger partial charge is 0.251 e. The predicted octanol–water partition coefficient (Wildman–Crippen LogP) is 1.91. The highest BCUT2D eigenvalue weighted by molar-refractivity contribution is 6.01. The van der Waals surface area contributed by atoms with E-state index < -0.39 is 0 Å². The molecule has 0 spiro atoms. The SMILES string of the molecule is COc1cc(OC)cc(C(=O)NCC(=O)Nc2ccccc2N2CCOCC2)c1. The third-order valence-electron chi connectivity index (χ3n) is 4.55. The van der Waals surface area contributed by atoms with E-state index >= 15 is 0 Å². The Labute approximate surface area is 169 Å². The van der Waals surface area contributed by atoms with Gasteiger partial charge in [0.25, 0.3) is 5.91 Å². The summed E-state index contributed by atoms with van der Waals surface area (Å²) >= 11 is 0. The van der Waals surface area contributed by atoms with E-state index in [0.29, 0.717) is 36.0 Å². The van der Waals surface area contributed by atoms with Gasteiger partial charge in [0.2, 0.25) is 5.91 Å². The van der Waals surface area contributed by atoms with E-state index in [4.69, 9.17) is 14.2 Å². The van der Waals surface area contributed by atoms with Crippen LogP contribution in [0.4, 0.5) is 11.4 Å². The van der Waals surface area contributed by atoms with Gasteiger partial charge in [0.05, 0.1) is 45.4 Å². The number of carbonyl (C=O) groups excluding carboxylic acids is 2. The summed E-state index contributed by atoms with van der Waals surface area (Å²) < 4.78 is 15.7. The van der Waals surface area contributed by atoms with Crippen LogP contribution in [-0.2, 0) is 9.53 Å². The molecule has 2 aromatic carbocycles. The van der Waals surface area contributed by atoms with Crippen LogP contribution in [0.5, 0.6) is 11.5 Å². The Kier molecular flexibility index (Phi) is 6.91. The zero-order valence-corrected chi connectivity index (χ0v) is 16.6. The molecule has 2 amide bonds. The van der Waals surface area contributed by atoms with Crippen molar-refractivity contribution in [2.45, 2.75) is 0 Å². The molecule has 154 valence electrons. The number of nitrogens with one attached hydrogen (secondary N) is 2. The minimum absolute atomic E-state index is 0.157. The molecule has 1 saturated heterocycles. The molecule has 0 unspecified atom stereocenters. The van der Waals surface area contributed by atoms with Crippen LogP contribution in [0.1, 0.15) is 10.4 Å². The Morgan fingerprint density at radius 1 is 1.03 bits per heavy atom. The quantitative estimate of drug-likeness (QED) is 0.739. The van der Waals surface area contributed by atoms with Crippen LogP contribution >= 0.6 is 0 Å². The summed E-state index contributed by atoms with van der Waals surface area (Å²) in [6.45, 7) is 2.68. The van der Waals surface area contributed by atoms with Gasteiger partial charge in [0, 0.05) is 24.7 Å². The zero-order valence-electron chi connectivity index (χ0n) is 16.6. The van der Waals surface area contributed by atoms with Gasteiger partial charge in [-0.25, -0.2) is 0 Å². The Bertz CT molecular complexity index is 843. The van der Waals surface area contributed by atoms with Crippen molar-refractivity contribution in [3.05, 3.63) is 48.0 Å². The van der Waals surface area contributed by atoms with Gasteiger partial charge in [0.1, 0.15) is 11.5 Å². The van der Waals surface area contributed by atoms with Crippen molar-refractivity contribution in [3.63, 3.8) is 0 Å². The Balaban J connectivity index is 1.61. The fraction of sp³-hybridized carbons (Fsp3) is 0.333. The van der Waals surface area contributed by atoms with Gasteiger partial charge in [-0.05, 0) is 24.3 Å². The second-order valence-electron chi connectivity index (χ2n) is 6.45. The minimum atomic E-state index is -0.390. The molecule has 0 radical (unpaired) electrons. The molecule has 0 aliphatic carbocycles. The number of hydrogen-bond acceptors (Lipinski definition) is 6. The molecule has 3 rings (SSSR count). The molecule has 0 saturated carbocycles. The summed E-state index contributed by atoms with van der Waals surface area (Å²) in [5, 5.41) is 5.50. The van der Waals surface area contributed by atoms with Crippen LogP contribution < -0.4 is 25.0 Å². The van der Waals surface area contributed by atoms with Crippen LogP contribution in [0.3, 0.4) is 0 Å². The number of benzene rings is 2. The summed E-state index contributed by atoms with van der Waals surface area (Å²) in [5.41, 5.74) is 1.99. The van der Waals surface area contributed by atoms with E-state index in [2.05, 4.69) is 15.5 Å². The van der Waals surface area contributed by atoms with Gasteiger partial charge in [-0.15, -0.1) is 0 Å². The summed E-state index contributed by atoms with van der Waals surface area (Å²) in [4.78, 5) is 27.0. The molecule has 1 fully saturated rings. The predicted molar refractivity (Wildman–Crippen MR) is 110 cm³/mol. The number of carbonyl (C=O) groups is 2. The van der Waals surface area contributed by atoms with Crippen molar-refractivity contribution in [2.75, 3.05) is 57.3 Å². The summed E-state index contributed by atoms with van der Waals surface area (Å²) in [7, 11) is 3.02. The first kappa shape index (κ1) is 20.5. The van der Waals surface area contributed by atoms with E-state index in [0.717, 1.165) is 18.8 Å². The molecule has 0 aromatic heterocycles. The monoisotopic (exact) mass is 399 g/mol. The molecule has 1 aliphatic rings. The maximum atomic E-state index is 12.4. The molecule has 8 nitrogen and oxygen atoms in total. The van der Waals surface area contributed by atoms with Crippen molar-refractivity contribution in [2.24, 2.45) is 0 Å². The number of ether oxygens (including phenoxy) is 3. The topological polar surface area (TPSA) is 89.1 Å². The minimum Gasteiger partial charge on any atom is -0.497 e. The lowest BCUT2D eigenvalue weighted by Crippen LogP contribution is -2.37. The molecule has 2 aromatic rings. The van der Waals surface area contributed by atoms with Crippen LogP contribution in [0.15, 0.2) is 42.5 Å². The van der Waals surface area contributed by atoms with Crippen molar-refractivity contribution in [1.82, 2.24) is 5.32 Å². The molecule has 29 heavy (non-hydrogen) atoms. The van der Waals surface area contributed by atoms with Gasteiger partial charge in [0.15, 0.2) is 0 Å². The molecule has 0 atom stereocenters. The average molecular weight is 399 g/mol. The lowest BCUT2D eigenvalue weighted by Gasteiger charge is -2.30. The molecular weight excluding hydrogens is 374 g/mol. The first-order chi connectivity index (χ1) is 14.1. The first-order valence-electron chi connectivity index (χ1n) is 9.33. The third kappa shape index (κ3) is 5.39. The summed E-state index contributed by atoms with van der Waals surface area (Å²) in [6.07, 6.45) is 0. The Morgan fingerprint density at radius 2 is 1.69 bits per heavy atom. The lowest BCUT2D eigenvalue weighted by molar-refractivity contribution is -0.115. The van der Waals surface area contributed by atoms with Gasteiger partial charge in [-0.1, -0.05) is 12.1 Å². The van der Waals surface area contributed by atoms with Gasteiger partial charge >= 0.3 is 0 Å². The standard InChI is InChI=1S/C21H25N3O5/c1-27-16-11-15(12-17(13-16)28-2)21(26)22-14-20(25)23-18-5-3-4-6-19(18)24-7-9-29-10-8-24/h3-6,11-13H,7-10,14H2,1-2H3,(H,22,26)(H,23,25). The Morgan fingerprint density at radius 3 is 2.34 bits per heavy atom. The maximum Gasteiger partial charge on any atom is 0.251 e. The molecule has 8 heteroatoms. The van der Waals surface area contributed by atoms with Crippen molar-refractivity contribution in [1.29, 1.82) is 0 Å². The van der Waals surface area contributed by atoms with Gasteiger partial charge < -0.3 is 29.7 Å². The maximum absolute atomic E-state index is 12.4. The number of anilines is 2. The zero-order chi connectivity index (χ0) is 20.6. The number of hydrogen-bond donors (Lipinski definition) is 2. The normalized spacial score (nSPS) is 13.5. The van der Waals surface area contributed by atoms with E-state index in [1.165, 1.54) is 14.2 Å². The lowest BCUT2D eigenvalue weighted by atomic mass is 10.2. The first-order valence-corrected chi connectivity index (χ1v) is 9.33. The van der Waals surface area contributed by atoms with Crippen molar-refractivity contribution in [3.8, 4) is 11.5 Å².